The average Bonchev–Trinajstić information content (AvgIpc) is 2.88. The fourth-order valence-corrected chi connectivity index (χ4v) is 4.15. The van der Waals surface area contributed by atoms with Crippen LogP contribution in [-0.2, 0) is 12.8 Å². The molecule has 3 aromatic carbocycles. The highest BCUT2D eigenvalue weighted by Crippen LogP contribution is 2.28. The summed E-state index contributed by atoms with van der Waals surface area (Å²) in [7, 11) is 0. The molecule has 0 bridgehead atoms. The van der Waals surface area contributed by atoms with Gasteiger partial charge in [0.05, 0.1) is 11.4 Å². The van der Waals surface area contributed by atoms with E-state index in [1.807, 2.05) is 55.5 Å². The maximum absolute atomic E-state index is 12.8. The molecule has 0 fully saturated rings. The number of para-hydroxylation sites is 3. The summed E-state index contributed by atoms with van der Waals surface area (Å²) >= 11 is 0. The summed E-state index contributed by atoms with van der Waals surface area (Å²) in [5, 5.41) is 5.58. The third-order valence-corrected chi connectivity index (χ3v) is 6.19. The van der Waals surface area contributed by atoms with Gasteiger partial charge >= 0.3 is 12.2 Å². The van der Waals surface area contributed by atoms with Gasteiger partial charge in [-0.1, -0.05) is 88.1 Å². The van der Waals surface area contributed by atoms with E-state index in [-0.39, 0.29) is 0 Å². The van der Waals surface area contributed by atoms with Gasteiger partial charge in [-0.25, -0.2) is 9.59 Å². The fourth-order valence-electron chi connectivity index (χ4n) is 4.15. The van der Waals surface area contributed by atoms with Gasteiger partial charge in [0.25, 0.3) is 0 Å². The van der Waals surface area contributed by atoms with Gasteiger partial charge in [-0.15, -0.1) is 0 Å². The molecule has 0 aliphatic rings. The smallest absolute Gasteiger partial charge is 0.410 e. The number of amides is 2. The molecular weight excluding hydrogens is 464 g/mol. The minimum absolute atomic E-state index is 0.432. The van der Waals surface area contributed by atoms with Gasteiger partial charge < -0.3 is 9.47 Å². The Kier molecular flexibility index (Phi) is 11.0. The minimum Gasteiger partial charge on any atom is -0.410 e. The summed E-state index contributed by atoms with van der Waals surface area (Å²) in [5.74, 6) is 1.08. The van der Waals surface area contributed by atoms with Crippen LogP contribution < -0.4 is 20.1 Å². The zero-order valence-corrected chi connectivity index (χ0v) is 22.1. The molecule has 6 heteroatoms. The first kappa shape index (κ1) is 27.8. The third kappa shape index (κ3) is 8.67. The van der Waals surface area contributed by atoms with Crippen LogP contribution in [0.5, 0.6) is 11.5 Å². The molecule has 0 saturated heterocycles. The molecule has 196 valence electrons. The summed E-state index contributed by atoms with van der Waals surface area (Å²) in [4.78, 5) is 25.6. The maximum Gasteiger partial charge on any atom is 0.417 e. The number of carbonyl (C=O) groups excluding carboxylic acids is 2. The van der Waals surface area contributed by atoms with Crippen LogP contribution >= 0.6 is 0 Å². The van der Waals surface area contributed by atoms with Crippen molar-refractivity contribution in [2.75, 3.05) is 10.6 Å². The van der Waals surface area contributed by atoms with Crippen molar-refractivity contribution < 1.29 is 19.1 Å². The van der Waals surface area contributed by atoms with Gasteiger partial charge in [0.15, 0.2) is 0 Å². The van der Waals surface area contributed by atoms with Crippen LogP contribution in [0.25, 0.3) is 0 Å². The Bertz CT molecular complexity index is 1180. The zero-order chi connectivity index (χ0) is 26.5. The van der Waals surface area contributed by atoms with Crippen LogP contribution in [0, 0.1) is 6.92 Å². The van der Waals surface area contributed by atoms with Crippen molar-refractivity contribution in [1.82, 2.24) is 0 Å². The molecule has 6 nitrogen and oxygen atoms in total. The number of hydrogen-bond donors (Lipinski definition) is 2. The number of nitrogens with one attached hydrogen (secondary N) is 2. The molecule has 0 atom stereocenters. The molecule has 0 saturated carbocycles. The van der Waals surface area contributed by atoms with E-state index in [0.29, 0.717) is 22.9 Å². The first-order valence-electron chi connectivity index (χ1n) is 13.2. The molecule has 0 radical (unpaired) electrons. The average molecular weight is 503 g/mol. The monoisotopic (exact) mass is 502 g/mol. The van der Waals surface area contributed by atoms with Gasteiger partial charge in [-0.05, 0) is 67.5 Å². The zero-order valence-electron chi connectivity index (χ0n) is 22.1. The molecule has 37 heavy (non-hydrogen) atoms. The number of aryl methyl sites for hydroxylation is 3. The summed E-state index contributed by atoms with van der Waals surface area (Å²) in [6.45, 7) is 6.17. The Balaban J connectivity index is 1.68. The molecule has 0 heterocycles. The number of anilines is 2. The largest absolute Gasteiger partial charge is 0.417 e. The Morgan fingerprint density at radius 3 is 1.70 bits per heavy atom. The Labute approximate surface area is 220 Å². The van der Waals surface area contributed by atoms with Gasteiger partial charge in [0.2, 0.25) is 0 Å². The lowest BCUT2D eigenvalue weighted by atomic mass is 10.1. The molecule has 0 aliphatic heterocycles. The van der Waals surface area contributed by atoms with E-state index < -0.39 is 12.2 Å². The second kappa shape index (κ2) is 14.7. The van der Waals surface area contributed by atoms with Gasteiger partial charge in [0.1, 0.15) is 11.5 Å². The van der Waals surface area contributed by atoms with E-state index in [1.165, 1.54) is 0 Å². The topological polar surface area (TPSA) is 76.7 Å². The first-order chi connectivity index (χ1) is 18.0. The van der Waals surface area contributed by atoms with E-state index in [9.17, 15) is 9.59 Å². The predicted molar refractivity (Wildman–Crippen MR) is 150 cm³/mol. The van der Waals surface area contributed by atoms with Gasteiger partial charge in [0, 0.05) is 0 Å². The van der Waals surface area contributed by atoms with E-state index in [0.717, 1.165) is 68.1 Å². The van der Waals surface area contributed by atoms with Gasteiger partial charge in [-0.3, -0.25) is 10.6 Å². The van der Waals surface area contributed by atoms with Crippen LogP contribution in [0.3, 0.4) is 0 Å². The molecule has 0 unspecified atom stereocenters. The number of unbranched alkanes of at least 4 members (excludes halogenated alkanes) is 4. The summed E-state index contributed by atoms with van der Waals surface area (Å²) < 4.78 is 11.3. The number of hydrogen-bond acceptors (Lipinski definition) is 4. The molecule has 0 spiro atoms. The highest BCUT2D eigenvalue weighted by atomic mass is 16.6. The van der Waals surface area contributed by atoms with Crippen molar-refractivity contribution in [3.63, 3.8) is 0 Å². The number of carbonyl (C=O) groups is 2. The minimum atomic E-state index is -0.619. The predicted octanol–water partition coefficient (Wildman–Crippen LogP) is 8.68. The molecule has 0 aliphatic carbocycles. The van der Waals surface area contributed by atoms with E-state index >= 15 is 0 Å². The van der Waals surface area contributed by atoms with Crippen molar-refractivity contribution >= 4 is 23.6 Å². The summed E-state index contributed by atoms with van der Waals surface area (Å²) in [5.41, 5.74) is 3.67. The molecule has 3 aromatic rings. The molecule has 0 aromatic heterocycles. The van der Waals surface area contributed by atoms with Crippen molar-refractivity contribution in [1.29, 1.82) is 0 Å². The van der Waals surface area contributed by atoms with Crippen molar-refractivity contribution in [3.05, 3.63) is 83.4 Å². The van der Waals surface area contributed by atoms with Crippen LogP contribution in [0.2, 0.25) is 0 Å². The highest BCUT2D eigenvalue weighted by Gasteiger charge is 2.16. The van der Waals surface area contributed by atoms with E-state index in [1.54, 1.807) is 18.2 Å². The third-order valence-electron chi connectivity index (χ3n) is 6.19. The Hall–Kier alpha value is -3.80. The quantitative estimate of drug-likeness (QED) is 0.243. The Morgan fingerprint density at radius 2 is 1.16 bits per heavy atom. The number of ether oxygens (including phenoxy) is 2. The molecule has 2 N–H and O–H groups in total. The highest BCUT2D eigenvalue weighted by molar-refractivity contribution is 5.97. The lowest BCUT2D eigenvalue weighted by Gasteiger charge is -2.16. The van der Waals surface area contributed by atoms with Crippen molar-refractivity contribution in [3.8, 4) is 11.5 Å². The van der Waals surface area contributed by atoms with Crippen molar-refractivity contribution in [2.24, 2.45) is 0 Å². The molecular formula is C31H38N2O4. The maximum atomic E-state index is 12.8. The molecule has 2 amide bonds. The lowest BCUT2D eigenvalue weighted by Crippen LogP contribution is -2.22. The van der Waals surface area contributed by atoms with E-state index in [4.69, 9.17) is 9.47 Å². The second-order valence-electron chi connectivity index (χ2n) is 9.16. The van der Waals surface area contributed by atoms with Crippen LogP contribution in [0.4, 0.5) is 21.0 Å². The number of benzene rings is 3. The van der Waals surface area contributed by atoms with Crippen LogP contribution in [0.15, 0.2) is 66.7 Å². The van der Waals surface area contributed by atoms with Crippen LogP contribution in [0.1, 0.15) is 69.1 Å². The summed E-state index contributed by atoms with van der Waals surface area (Å²) in [6.07, 6.45) is 7.03. The standard InChI is InChI=1S/C31H38N2O4/c1-4-6-8-16-24-18-10-12-21-27(24)36-30(34)32-26-20-14-15-23(3)29(26)33-31(35)37-28-22-13-11-19-25(28)17-9-7-5-2/h10-15,18-22H,4-9,16-17H2,1-3H3,(H,32,34)(H,33,35). The van der Waals surface area contributed by atoms with Crippen LogP contribution in [-0.4, -0.2) is 12.2 Å². The Morgan fingerprint density at radius 1 is 0.649 bits per heavy atom. The number of rotatable bonds is 12. The molecule has 3 rings (SSSR count). The SMILES string of the molecule is CCCCCc1ccccc1OC(=O)Nc1cccc(C)c1NC(=O)Oc1ccccc1CCCCC. The summed E-state index contributed by atoms with van der Waals surface area (Å²) in [6, 6.07) is 20.5. The van der Waals surface area contributed by atoms with E-state index in [2.05, 4.69) is 24.5 Å². The second-order valence-corrected chi connectivity index (χ2v) is 9.16. The normalized spacial score (nSPS) is 10.6. The lowest BCUT2D eigenvalue weighted by molar-refractivity contribution is 0.213. The first-order valence-corrected chi connectivity index (χ1v) is 13.2. The fraction of sp³-hybridized carbons (Fsp3) is 0.355. The van der Waals surface area contributed by atoms with Crippen molar-refractivity contribution in [2.45, 2.75) is 72.1 Å². The van der Waals surface area contributed by atoms with Gasteiger partial charge in [-0.2, -0.15) is 0 Å².